The van der Waals surface area contributed by atoms with Crippen molar-refractivity contribution in [2.45, 2.75) is 13.3 Å². The summed E-state index contributed by atoms with van der Waals surface area (Å²) in [5.41, 5.74) is 1.15. The van der Waals surface area contributed by atoms with Crippen LogP contribution in [0.4, 0.5) is 0 Å². The maximum absolute atomic E-state index is 11.0. The van der Waals surface area contributed by atoms with Crippen LogP contribution < -0.4 is 4.74 Å². The summed E-state index contributed by atoms with van der Waals surface area (Å²) in [6.45, 7) is 1.97. The van der Waals surface area contributed by atoms with Crippen LogP contribution in [0, 0.1) is 0 Å². The third-order valence-electron chi connectivity index (χ3n) is 2.34. The van der Waals surface area contributed by atoms with E-state index in [1.165, 1.54) is 6.26 Å². The van der Waals surface area contributed by atoms with E-state index >= 15 is 0 Å². The third-order valence-corrected chi connectivity index (χ3v) is 3.37. The minimum atomic E-state index is -2.95. The largest absolute Gasteiger partial charge is 0.493 e. The molecule has 18 heavy (non-hydrogen) atoms. The average molecular weight is 271 g/mol. The fraction of sp³-hybridized carbons (Fsp3) is 0.417. The van der Waals surface area contributed by atoms with E-state index in [-0.39, 0.29) is 5.75 Å². The maximum Gasteiger partial charge on any atom is 0.147 e. The van der Waals surface area contributed by atoms with Gasteiger partial charge in [-0.3, -0.25) is 0 Å². The van der Waals surface area contributed by atoms with Gasteiger partial charge in [0, 0.05) is 11.8 Å². The molecule has 0 aliphatic carbocycles. The number of nitrogens with zero attached hydrogens (tertiary/aromatic N) is 1. The second-order valence-electron chi connectivity index (χ2n) is 4.01. The average Bonchev–Trinajstić information content (AvgIpc) is 2.33. The molecular weight excluding hydrogens is 254 g/mol. The third kappa shape index (κ3) is 4.75. The van der Waals surface area contributed by atoms with E-state index in [0.717, 1.165) is 0 Å². The van der Waals surface area contributed by atoms with Crippen molar-refractivity contribution in [3.63, 3.8) is 0 Å². The van der Waals surface area contributed by atoms with Gasteiger partial charge in [0.25, 0.3) is 0 Å². The molecule has 1 rings (SSSR count). The highest BCUT2D eigenvalue weighted by molar-refractivity contribution is 7.90. The second kappa shape index (κ2) is 6.39. The van der Waals surface area contributed by atoms with Gasteiger partial charge < -0.3 is 9.94 Å². The van der Waals surface area contributed by atoms with Gasteiger partial charge in [0.15, 0.2) is 0 Å². The van der Waals surface area contributed by atoms with Gasteiger partial charge in [-0.1, -0.05) is 17.3 Å². The molecule has 100 valence electrons. The van der Waals surface area contributed by atoms with Crippen molar-refractivity contribution >= 4 is 15.5 Å². The fourth-order valence-corrected chi connectivity index (χ4v) is 2.09. The van der Waals surface area contributed by atoms with Crippen molar-refractivity contribution in [1.82, 2.24) is 0 Å². The minimum absolute atomic E-state index is 0.0994. The molecule has 0 aromatic heterocycles. The lowest BCUT2D eigenvalue weighted by atomic mass is 10.1. The number of hydrogen-bond donors (Lipinski definition) is 1. The molecule has 0 amide bonds. The summed E-state index contributed by atoms with van der Waals surface area (Å²) in [5, 5.41) is 11.9. The van der Waals surface area contributed by atoms with Gasteiger partial charge in [-0.15, -0.1) is 0 Å². The van der Waals surface area contributed by atoms with Crippen LogP contribution in [0.25, 0.3) is 0 Å². The highest BCUT2D eigenvalue weighted by Crippen LogP contribution is 2.19. The first-order valence-corrected chi connectivity index (χ1v) is 7.58. The first kappa shape index (κ1) is 14.5. The van der Waals surface area contributed by atoms with Crippen LogP contribution in [-0.2, 0) is 9.84 Å². The number of para-hydroxylation sites is 1. The Hall–Kier alpha value is -1.56. The summed E-state index contributed by atoms with van der Waals surface area (Å²) >= 11 is 0. The lowest BCUT2D eigenvalue weighted by Gasteiger charge is -2.10. The molecule has 0 radical (unpaired) electrons. The van der Waals surface area contributed by atoms with Crippen LogP contribution in [-0.4, -0.2) is 38.0 Å². The number of benzene rings is 1. The van der Waals surface area contributed by atoms with Crippen molar-refractivity contribution in [3.8, 4) is 5.75 Å². The van der Waals surface area contributed by atoms with E-state index in [0.29, 0.717) is 30.1 Å². The van der Waals surface area contributed by atoms with E-state index in [1.54, 1.807) is 25.1 Å². The summed E-state index contributed by atoms with van der Waals surface area (Å²) < 4.78 is 27.4. The SMILES string of the molecule is CC(=NO)c1ccccc1OCCCS(C)(=O)=O. The number of ether oxygens (including phenoxy) is 1. The molecule has 0 saturated heterocycles. The van der Waals surface area contributed by atoms with Gasteiger partial charge in [0.1, 0.15) is 15.6 Å². The van der Waals surface area contributed by atoms with Gasteiger partial charge in [-0.2, -0.15) is 0 Å². The predicted molar refractivity (Wildman–Crippen MR) is 70.3 cm³/mol. The van der Waals surface area contributed by atoms with Crippen molar-refractivity contribution in [2.75, 3.05) is 18.6 Å². The Morgan fingerprint density at radius 2 is 2.06 bits per heavy atom. The van der Waals surface area contributed by atoms with Crippen LogP contribution in [0.5, 0.6) is 5.75 Å². The monoisotopic (exact) mass is 271 g/mol. The normalized spacial score (nSPS) is 12.4. The molecule has 0 spiro atoms. The summed E-state index contributed by atoms with van der Waals surface area (Å²) in [5.74, 6) is 0.684. The van der Waals surface area contributed by atoms with E-state index in [1.807, 2.05) is 6.07 Å². The van der Waals surface area contributed by atoms with E-state index in [9.17, 15) is 8.42 Å². The Morgan fingerprint density at radius 3 is 2.67 bits per heavy atom. The van der Waals surface area contributed by atoms with Crippen LogP contribution in [0.3, 0.4) is 0 Å². The first-order valence-electron chi connectivity index (χ1n) is 5.52. The molecule has 0 aliphatic rings. The lowest BCUT2D eigenvalue weighted by molar-refractivity contribution is 0.312. The molecule has 0 fully saturated rings. The molecule has 1 aromatic carbocycles. The molecule has 6 heteroatoms. The minimum Gasteiger partial charge on any atom is -0.493 e. The molecule has 5 nitrogen and oxygen atoms in total. The molecule has 1 aromatic rings. The van der Waals surface area contributed by atoms with Crippen LogP contribution in [0.15, 0.2) is 29.4 Å². The Kier molecular flexibility index (Phi) is 5.15. The van der Waals surface area contributed by atoms with Crippen LogP contribution in [0.1, 0.15) is 18.9 Å². The van der Waals surface area contributed by atoms with Crippen LogP contribution >= 0.6 is 0 Å². The summed E-state index contributed by atoms with van der Waals surface area (Å²) in [4.78, 5) is 0. The van der Waals surface area contributed by atoms with Crippen molar-refractivity contribution in [1.29, 1.82) is 0 Å². The quantitative estimate of drug-likeness (QED) is 0.370. The Bertz CT molecular complexity index is 523. The molecule has 1 N–H and O–H groups in total. The number of rotatable bonds is 6. The summed E-state index contributed by atoms with van der Waals surface area (Å²) in [6.07, 6.45) is 1.63. The van der Waals surface area contributed by atoms with Crippen molar-refractivity contribution in [2.24, 2.45) is 5.16 Å². The Morgan fingerprint density at radius 1 is 1.39 bits per heavy atom. The van der Waals surface area contributed by atoms with Gasteiger partial charge in [-0.05, 0) is 25.5 Å². The van der Waals surface area contributed by atoms with Gasteiger partial charge in [-0.25, -0.2) is 8.42 Å². The molecule has 0 heterocycles. The highest BCUT2D eigenvalue weighted by atomic mass is 32.2. The second-order valence-corrected chi connectivity index (χ2v) is 6.27. The molecule has 0 saturated carbocycles. The topological polar surface area (TPSA) is 76.0 Å². The zero-order valence-corrected chi connectivity index (χ0v) is 11.3. The Labute approximate surface area is 107 Å². The maximum atomic E-state index is 11.0. The summed E-state index contributed by atoms with van der Waals surface area (Å²) in [6, 6.07) is 7.15. The summed E-state index contributed by atoms with van der Waals surface area (Å²) in [7, 11) is -2.95. The van der Waals surface area contributed by atoms with E-state index < -0.39 is 9.84 Å². The number of oxime groups is 1. The van der Waals surface area contributed by atoms with Gasteiger partial charge in [0.05, 0.1) is 18.1 Å². The number of hydrogen-bond acceptors (Lipinski definition) is 5. The van der Waals surface area contributed by atoms with Crippen LogP contribution in [0.2, 0.25) is 0 Å². The van der Waals surface area contributed by atoms with Gasteiger partial charge >= 0.3 is 0 Å². The predicted octanol–water partition coefficient (Wildman–Crippen LogP) is 1.70. The van der Waals surface area contributed by atoms with Crippen molar-refractivity contribution < 1.29 is 18.4 Å². The molecule has 0 aliphatic heterocycles. The zero-order valence-electron chi connectivity index (χ0n) is 10.5. The first-order chi connectivity index (χ1) is 8.44. The number of sulfone groups is 1. The lowest BCUT2D eigenvalue weighted by Crippen LogP contribution is -2.09. The Balaban J connectivity index is 2.63. The highest BCUT2D eigenvalue weighted by Gasteiger charge is 2.07. The van der Waals surface area contributed by atoms with E-state index in [4.69, 9.17) is 9.94 Å². The van der Waals surface area contributed by atoms with Crippen molar-refractivity contribution in [3.05, 3.63) is 29.8 Å². The molecule has 0 bridgehead atoms. The molecule has 0 atom stereocenters. The van der Waals surface area contributed by atoms with E-state index in [2.05, 4.69) is 5.16 Å². The zero-order chi connectivity index (χ0) is 13.6. The van der Waals surface area contributed by atoms with Gasteiger partial charge in [0.2, 0.25) is 0 Å². The molecule has 0 unspecified atom stereocenters. The smallest absolute Gasteiger partial charge is 0.147 e. The fourth-order valence-electron chi connectivity index (χ4n) is 1.45. The molecular formula is C12H17NO4S. The standard InChI is InChI=1S/C12H17NO4S/c1-10(13-14)11-6-3-4-7-12(11)17-8-5-9-18(2,15)16/h3-4,6-7,14H,5,8-9H2,1-2H3.